The van der Waals surface area contributed by atoms with E-state index >= 15 is 0 Å². The van der Waals surface area contributed by atoms with Gasteiger partial charge >= 0.3 is 0 Å². The van der Waals surface area contributed by atoms with Crippen molar-refractivity contribution in [2.24, 2.45) is 0 Å². The first-order chi connectivity index (χ1) is 7.18. The van der Waals surface area contributed by atoms with Gasteiger partial charge in [0.2, 0.25) is 0 Å². The molecule has 1 aliphatic rings. The first kappa shape index (κ1) is 10.6. The number of nitrogens with one attached hydrogen (secondary N) is 1. The summed E-state index contributed by atoms with van der Waals surface area (Å²) in [6, 6.07) is 0.355. The predicted molar refractivity (Wildman–Crippen MR) is 59.3 cm³/mol. The molecule has 2 heterocycles. The van der Waals surface area contributed by atoms with Crippen LogP contribution in [0.1, 0.15) is 18.9 Å². The Labute approximate surface area is 93.2 Å². The van der Waals surface area contributed by atoms with E-state index in [9.17, 15) is 4.39 Å². The summed E-state index contributed by atoms with van der Waals surface area (Å²) in [6.45, 7) is 2.83. The van der Waals surface area contributed by atoms with E-state index in [-0.39, 0.29) is 5.82 Å². The number of pyridine rings is 1. The molecule has 0 radical (unpaired) electrons. The molecule has 15 heavy (non-hydrogen) atoms. The number of nitrogens with zero attached hydrogens (tertiary/aromatic N) is 1. The maximum atomic E-state index is 13.6. The molecule has 1 aromatic heterocycles. The lowest BCUT2D eigenvalue weighted by atomic mass is 9.96. The van der Waals surface area contributed by atoms with Crippen LogP contribution in [0, 0.1) is 5.82 Å². The van der Waals surface area contributed by atoms with Gasteiger partial charge in [-0.15, -0.1) is 0 Å². The molecule has 1 N–H and O–H groups in total. The van der Waals surface area contributed by atoms with E-state index in [0.717, 1.165) is 18.5 Å². The molecule has 1 aliphatic heterocycles. The van der Waals surface area contributed by atoms with Crippen molar-refractivity contribution in [3.63, 3.8) is 0 Å². The van der Waals surface area contributed by atoms with Crippen LogP contribution in [0.4, 0.5) is 4.39 Å². The van der Waals surface area contributed by atoms with E-state index in [4.69, 9.17) is 11.6 Å². The molecule has 0 aliphatic carbocycles. The number of aromatic nitrogens is 1. The average molecular weight is 227 g/mol. The lowest BCUT2D eigenvalue weighted by molar-refractivity contribution is 0.572. The van der Waals surface area contributed by atoms with Crippen molar-refractivity contribution >= 4 is 17.2 Å². The summed E-state index contributed by atoms with van der Waals surface area (Å²) in [5.74, 6) is -0.345. The number of hydrogen-bond donors (Lipinski definition) is 1. The van der Waals surface area contributed by atoms with E-state index in [0.29, 0.717) is 16.6 Å². The minimum atomic E-state index is -0.345. The van der Waals surface area contributed by atoms with Gasteiger partial charge < -0.3 is 5.32 Å². The topological polar surface area (TPSA) is 24.9 Å². The van der Waals surface area contributed by atoms with E-state index in [1.807, 2.05) is 6.08 Å². The van der Waals surface area contributed by atoms with E-state index < -0.39 is 0 Å². The SMILES string of the molecule is CC1CC(c2c(F)cncc2Cl)=CCN1. The molecule has 0 saturated carbocycles. The van der Waals surface area contributed by atoms with Crippen LogP contribution < -0.4 is 5.32 Å². The minimum Gasteiger partial charge on any atom is -0.310 e. The summed E-state index contributed by atoms with van der Waals surface area (Å²) < 4.78 is 13.6. The summed E-state index contributed by atoms with van der Waals surface area (Å²) in [4.78, 5) is 3.71. The average Bonchev–Trinajstić information content (AvgIpc) is 2.17. The second kappa shape index (κ2) is 4.29. The Morgan fingerprint density at radius 3 is 3.00 bits per heavy atom. The Bertz CT molecular complexity index is 383. The summed E-state index contributed by atoms with van der Waals surface area (Å²) in [7, 11) is 0. The van der Waals surface area contributed by atoms with Crippen LogP contribution in [-0.2, 0) is 0 Å². The van der Waals surface area contributed by atoms with E-state index in [1.165, 1.54) is 12.4 Å². The zero-order chi connectivity index (χ0) is 10.8. The van der Waals surface area contributed by atoms with E-state index in [2.05, 4.69) is 17.2 Å². The smallest absolute Gasteiger partial charge is 0.150 e. The summed E-state index contributed by atoms with van der Waals surface area (Å²) in [6.07, 6.45) is 5.45. The number of hydrogen-bond acceptors (Lipinski definition) is 2. The first-order valence-corrected chi connectivity index (χ1v) is 5.28. The molecule has 0 amide bonds. The Balaban J connectivity index is 2.41. The fourth-order valence-electron chi connectivity index (χ4n) is 1.79. The van der Waals surface area contributed by atoms with Crippen LogP contribution in [0.3, 0.4) is 0 Å². The highest BCUT2D eigenvalue weighted by Crippen LogP contribution is 2.29. The maximum Gasteiger partial charge on any atom is 0.150 e. The van der Waals surface area contributed by atoms with Crippen LogP contribution >= 0.6 is 11.6 Å². The first-order valence-electron chi connectivity index (χ1n) is 4.90. The van der Waals surface area contributed by atoms with Crippen molar-refractivity contribution in [1.29, 1.82) is 0 Å². The minimum absolute atomic E-state index is 0.345. The Kier molecular flexibility index (Phi) is 3.03. The predicted octanol–water partition coefficient (Wildman–Crippen LogP) is 2.64. The van der Waals surface area contributed by atoms with Gasteiger partial charge in [-0.05, 0) is 18.9 Å². The van der Waals surface area contributed by atoms with Crippen molar-refractivity contribution in [2.75, 3.05) is 6.54 Å². The fraction of sp³-hybridized carbons (Fsp3) is 0.364. The summed E-state index contributed by atoms with van der Waals surface area (Å²) in [5, 5.41) is 3.65. The van der Waals surface area contributed by atoms with Gasteiger partial charge in [0.25, 0.3) is 0 Å². The zero-order valence-corrected chi connectivity index (χ0v) is 9.18. The molecule has 2 nitrogen and oxygen atoms in total. The standard InChI is InChI=1S/C11H12ClFN2/c1-7-4-8(2-3-15-7)11-9(12)5-14-6-10(11)13/h2,5-7,15H,3-4H2,1H3. The van der Waals surface area contributed by atoms with Crippen LogP contribution in [0.25, 0.3) is 5.57 Å². The molecule has 1 unspecified atom stereocenters. The van der Waals surface area contributed by atoms with Crippen molar-refractivity contribution in [3.05, 3.63) is 34.9 Å². The van der Waals surface area contributed by atoms with Crippen LogP contribution in [-0.4, -0.2) is 17.6 Å². The van der Waals surface area contributed by atoms with Crippen LogP contribution in [0.2, 0.25) is 5.02 Å². The Morgan fingerprint density at radius 2 is 2.33 bits per heavy atom. The van der Waals surface area contributed by atoms with Crippen LogP contribution in [0.15, 0.2) is 18.5 Å². The molecule has 0 aromatic carbocycles. The highest BCUT2D eigenvalue weighted by atomic mass is 35.5. The third-order valence-corrected chi connectivity index (χ3v) is 2.80. The van der Waals surface area contributed by atoms with Crippen molar-refractivity contribution in [2.45, 2.75) is 19.4 Å². The number of rotatable bonds is 1. The largest absolute Gasteiger partial charge is 0.310 e. The Morgan fingerprint density at radius 1 is 1.53 bits per heavy atom. The molecule has 0 spiro atoms. The van der Waals surface area contributed by atoms with Gasteiger partial charge in [-0.25, -0.2) is 4.39 Å². The molecule has 4 heteroatoms. The van der Waals surface area contributed by atoms with Gasteiger partial charge in [0.15, 0.2) is 0 Å². The molecular formula is C11H12ClFN2. The number of halogens is 2. The van der Waals surface area contributed by atoms with E-state index in [1.54, 1.807) is 0 Å². The Hall–Kier alpha value is -0.930. The van der Waals surface area contributed by atoms with Gasteiger partial charge in [0.1, 0.15) is 5.82 Å². The second-order valence-electron chi connectivity index (χ2n) is 3.72. The monoisotopic (exact) mass is 226 g/mol. The quantitative estimate of drug-likeness (QED) is 0.797. The highest BCUT2D eigenvalue weighted by Gasteiger charge is 2.17. The highest BCUT2D eigenvalue weighted by molar-refractivity contribution is 6.32. The molecular weight excluding hydrogens is 215 g/mol. The third-order valence-electron chi connectivity index (χ3n) is 2.52. The third kappa shape index (κ3) is 2.19. The molecule has 1 atom stereocenters. The van der Waals surface area contributed by atoms with Gasteiger partial charge in [-0.1, -0.05) is 17.7 Å². The molecule has 0 bridgehead atoms. The molecule has 1 aromatic rings. The lowest BCUT2D eigenvalue weighted by Crippen LogP contribution is -2.30. The van der Waals surface area contributed by atoms with Gasteiger partial charge in [0.05, 0.1) is 11.2 Å². The van der Waals surface area contributed by atoms with Crippen LogP contribution in [0.5, 0.6) is 0 Å². The normalized spacial score (nSPS) is 21.3. The van der Waals surface area contributed by atoms with Crippen molar-refractivity contribution in [3.8, 4) is 0 Å². The molecule has 0 saturated heterocycles. The second-order valence-corrected chi connectivity index (χ2v) is 4.13. The van der Waals surface area contributed by atoms with Gasteiger partial charge in [-0.2, -0.15) is 0 Å². The summed E-state index contributed by atoms with van der Waals surface area (Å²) in [5.41, 5.74) is 1.46. The fourth-order valence-corrected chi connectivity index (χ4v) is 2.06. The van der Waals surface area contributed by atoms with Gasteiger partial charge in [-0.3, -0.25) is 4.98 Å². The zero-order valence-electron chi connectivity index (χ0n) is 8.43. The van der Waals surface area contributed by atoms with Crippen molar-refractivity contribution < 1.29 is 4.39 Å². The summed E-state index contributed by atoms with van der Waals surface area (Å²) >= 11 is 5.95. The van der Waals surface area contributed by atoms with Gasteiger partial charge in [0, 0.05) is 24.3 Å². The molecule has 2 rings (SSSR count). The van der Waals surface area contributed by atoms with Crippen molar-refractivity contribution in [1.82, 2.24) is 10.3 Å². The lowest BCUT2D eigenvalue weighted by Gasteiger charge is -2.21. The molecule has 0 fully saturated rings. The maximum absolute atomic E-state index is 13.6. The molecule has 80 valence electrons.